The number of ether oxygens (including phenoxy) is 1. The fourth-order valence-corrected chi connectivity index (χ4v) is 2.61. The maximum Gasteiger partial charge on any atom is 0.318 e. The molecular weight excluding hydrogens is 240 g/mol. The summed E-state index contributed by atoms with van der Waals surface area (Å²) in [6.45, 7) is 0.191. The molecule has 3 heteroatoms. The molecule has 2 aromatic carbocycles. The molecule has 0 bridgehead atoms. The number of carbonyl (C=O) groups is 1. The Bertz CT molecular complexity index is 606. The molecule has 19 heavy (non-hydrogen) atoms. The Morgan fingerprint density at radius 2 is 1.79 bits per heavy atom. The normalized spacial score (nSPS) is 20.6. The lowest BCUT2D eigenvalue weighted by atomic mass is 9.77. The third-order valence-electron chi connectivity index (χ3n) is 3.63. The molecule has 0 aromatic heterocycles. The number of carboxylic acid groups (broad SMARTS) is 1. The van der Waals surface area contributed by atoms with Gasteiger partial charge in [-0.05, 0) is 18.1 Å². The van der Waals surface area contributed by atoms with E-state index in [2.05, 4.69) is 0 Å². The van der Waals surface area contributed by atoms with E-state index < -0.39 is 11.4 Å². The first-order chi connectivity index (χ1) is 9.22. The smallest absolute Gasteiger partial charge is 0.318 e. The minimum atomic E-state index is -0.974. The maximum absolute atomic E-state index is 11.8. The van der Waals surface area contributed by atoms with Crippen LogP contribution in [0.1, 0.15) is 11.1 Å². The molecule has 1 aliphatic heterocycles. The second-order valence-corrected chi connectivity index (χ2v) is 4.83. The molecule has 0 saturated heterocycles. The summed E-state index contributed by atoms with van der Waals surface area (Å²) in [6.07, 6.45) is 0.445. The third kappa shape index (κ3) is 1.87. The first-order valence-electron chi connectivity index (χ1n) is 6.22. The Morgan fingerprint density at radius 3 is 2.53 bits per heavy atom. The van der Waals surface area contributed by atoms with Crippen molar-refractivity contribution in [2.24, 2.45) is 0 Å². The van der Waals surface area contributed by atoms with Crippen molar-refractivity contribution in [3.63, 3.8) is 0 Å². The summed E-state index contributed by atoms with van der Waals surface area (Å²) >= 11 is 0. The van der Waals surface area contributed by atoms with E-state index >= 15 is 0 Å². The predicted molar refractivity (Wildman–Crippen MR) is 71.4 cm³/mol. The fraction of sp³-hybridized carbons (Fsp3) is 0.188. The predicted octanol–water partition coefficient (Wildman–Crippen LogP) is 2.64. The summed E-state index contributed by atoms with van der Waals surface area (Å²) in [7, 11) is 0. The van der Waals surface area contributed by atoms with Crippen molar-refractivity contribution in [2.75, 3.05) is 6.61 Å². The summed E-state index contributed by atoms with van der Waals surface area (Å²) in [5.41, 5.74) is 0.800. The van der Waals surface area contributed by atoms with Crippen molar-refractivity contribution in [3.05, 3.63) is 65.7 Å². The van der Waals surface area contributed by atoms with E-state index in [1.54, 1.807) is 0 Å². The van der Waals surface area contributed by atoms with Crippen molar-refractivity contribution in [1.29, 1.82) is 0 Å². The van der Waals surface area contributed by atoms with Crippen LogP contribution in [0.15, 0.2) is 54.6 Å². The highest BCUT2D eigenvalue weighted by molar-refractivity contribution is 5.84. The van der Waals surface area contributed by atoms with E-state index in [9.17, 15) is 9.90 Å². The zero-order valence-electron chi connectivity index (χ0n) is 10.4. The Morgan fingerprint density at radius 1 is 1.11 bits per heavy atom. The van der Waals surface area contributed by atoms with Gasteiger partial charge in [-0.2, -0.15) is 0 Å². The van der Waals surface area contributed by atoms with Gasteiger partial charge in [0.15, 0.2) is 0 Å². The molecule has 0 radical (unpaired) electrons. The average molecular weight is 254 g/mol. The van der Waals surface area contributed by atoms with E-state index in [0.717, 1.165) is 11.1 Å². The number of para-hydroxylation sites is 1. The molecule has 2 aromatic rings. The molecule has 0 saturated carbocycles. The molecule has 1 atom stereocenters. The SMILES string of the molecule is O=C(O)C1(Cc2ccccc2)COc2ccccc21. The summed E-state index contributed by atoms with van der Waals surface area (Å²) in [5, 5.41) is 9.69. The number of hydrogen-bond acceptors (Lipinski definition) is 2. The van der Waals surface area contributed by atoms with E-state index in [1.165, 1.54) is 0 Å². The quantitative estimate of drug-likeness (QED) is 0.916. The minimum absolute atomic E-state index is 0.191. The highest BCUT2D eigenvalue weighted by Gasteiger charge is 2.47. The second kappa shape index (κ2) is 4.43. The molecule has 0 spiro atoms. The van der Waals surface area contributed by atoms with Gasteiger partial charge in [-0.1, -0.05) is 48.5 Å². The van der Waals surface area contributed by atoms with Crippen LogP contribution in [-0.2, 0) is 16.6 Å². The van der Waals surface area contributed by atoms with Gasteiger partial charge < -0.3 is 9.84 Å². The third-order valence-corrected chi connectivity index (χ3v) is 3.63. The second-order valence-electron chi connectivity index (χ2n) is 4.83. The Kier molecular flexibility index (Phi) is 2.75. The van der Waals surface area contributed by atoms with Crippen LogP contribution in [0.2, 0.25) is 0 Å². The zero-order valence-corrected chi connectivity index (χ0v) is 10.4. The Balaban J connectivity index is 2.05. The lowest BCUT2D eigenvalue weighted by Gasteiger charge is -2.23. The number of carboxylic acids is 1. The molecule has 1 heterocycles. The van der Waals surface area contributed by atoms with Gasteiger partial charge in [-0.15, -0.1) is 0 Å². The van der Waals surface area contributed by atoms with Crippen LogP contribution in [0.5, 0.6) is 5.75 Å². The Hall–Kier alpha value is -2.29. The summed E-state index contributed by atoms with van der Waals surface area (Å²) in [6, 6.07) is 17.1. The molecule has 3 nitrogen and oxygen atoms in total. The summed E-state index contributed by atoms with van der Waals surface area (Å²) < 4.78 is 5.57. The largest absolute Gasteiger partial charge is 0.492 e. The number of aliphatic carboxylic acids is 1. The molecule has 96 valence electrons. The molecule has 3 rings (SSSR count). The lowest BCUT2D eigenvalue weighted by Crippen LogP contribution is -2.39. The van der Waals surface area contributed by atoms with Gasteiger partial charge >= 0.3 is 5.97 Å². The van der Waals surface area contributed by atoms with Gasteiger partial charge in [-0.3, -0.25) is 4.79 Å². The molecule has 0 fully saturated rings. The van der Waals surface area contributed by atoms with Crippen molar-refractivity contribution < 1.29 is 14.6 Å². The summed E-state index contributed by atoms with van der Waals surface area (Å²) in [4.78, 5) is 11.8. The van der Waals surface area contributed by atoms with Crippen molar-refractivity contribution in [1.82, 2.24) is 0 Å². The Labute approximate surface area is 111 Å². The van der Waals surface area contributed by atoms with Crippen LogP contribution in [0.4, 0.5) is 0 Å². The molecule has 0 aliphatic carbocycles. The van der Waals surface area contributed by atoms with Gasteiger partial charge in [0, 0.05) is 5.56 Å². The van der Waals surface area contributed by atoms with E-state index in [0.29, 0.717) is 12.2 Å². The van der Waals surface area contributed by atoms with E-state index in [1.807, 2.05) is 54.6 Å². The van der Waals surface area contributed by atoms with Crippen LogP contribution in [0.3, 0.4) is 0 Å². The number of fused-ring (bicyclic) bond motifs is 1. The highest BCUT2D eigenvalue weighted by atomic mass is 16.5. The van der Waals surface area contributed by atoms with E-state index in [4.69, 9.17) is 4.74 Å². The van der Waals surface area contributed by atoms with E-state index in [-0.39, 0.29) is 6.61 Å². The number of rotatable bonds is 3. The van der Waals surface area contributed by atoms with Crippen LogP contribution in [0.25, 0.3) is 0 Å². The molecule has 0 amide bonds. The zero-order chi connectivity index (χ0) is 13.3. The van der Waals surface area contributed by atoms with Gasteiger partial charge in [0.1, 0.15) is 17.8 Å². The number of hydrogen-bond donors (Lipinski definition) is 1. The van der Waals surface area contributed by atoms with Gasteiger partial charge in [0.2, 0.25) is 0 Å². The average Bonchev–Trinajstić information content (AvgIpc) is 2.81. The van der Waals surface area contributed by atoms with Gasteiger partial charge in [-0.25, -0.2) is 0 Å². The fourth-order valence-electron chi connectivity index (χ4n) is 2.61. The van der Waals surface area contributed by atoms with Crippen molar-refractivity contribution in [3.8, 4) is 5.75 Å². The molecule has 1 unspecified atom stereocenters. The van der Waals surface area contributed by atoms with Gasteiger partial charge in [0.05, 0.1) is 0 Å². The van der Waals surface area contributed by atoms with Crippen molar-refractivity contribution in [2.45, 2.75) is 11.8 Å². The number of benzene rings is 2. The monoisotopic (exact) mass is 254 g/mol. The first kappa shape index (κ1) is 11.8. The van der Waals surface area contributed by atoms with Crippen LogP contribution >= 0.6 is 0 Å². The van der Waals surface area contributed by atoms with Crippen molar-refractivity contribution >= 4 is 5.97 Å². The summed E-state index contributed by atoms with van der Waals surface area (Å²) in [5.74, 6) is -0.151. The lowest BCUT2D eigenvalue weighted by molar-refractivity contribution is -0.144. The topological polar surface area (TPSA) is 46.5 Å². The first-order valence-corrected chi connectivity index (χ1v) is 6.22. The van der Waals surface area contributed by atoms with Crippen LogP contribution in [0, 0.1) is 0 Å². The van der Waals surface area contributed by atoms with Crippen LogP contribution < -0.4 is 4.74 Å². The molecule has 1 aliphatic rings. The highest BCUT2D eigenvalue weighted by Crippen LogP contribution is 2.41. The minimum Gasteiger partial charge on any atom is -0.492 e. The molecule has 1 N–H and O–H groups in total. The van der Waals surface area contributed by atoms with Gasteiger partial charge in [0.25, 0.3) is 0 Å². The maximum atomic E-state index is 11.8. The van der Waals surface area contributed by atoms with Crippen LogP contribution in [-0.4, -0.2) is 17.7 Å². The molecular formula is C16H14O3. The standard InChI is InChI=1S/C16H14O3/c17-15(18)16(10-12-6-2-1-3-7-12)11-19-14-9-5-4-8-13(14)16/h1-9H,10-11H2,(H,17,18).